The molecule has 1 aliphatic carbocycles. The van der Waals surface area contributed by atoms with E-state index in [1.807, 2.05) is 81.4 Å². The first-order chi connectivity index (χ1) is 19.1. The van der Waals surface area contributed by atoms with E-state index in [2.05, 4.69) is 5.32 Å². The molecular weight excluding hydrogens is 528 g/mol. The summed E-state index contributed by atoms with van der Waals surface area (Å²) in [5.74, 6) is -0.251. The topological polar surface area (TPSA) is 102 Å². The largest absolute Gasteiger partial charge is 0.445 e. The number of aryl methyl sites for hydroxylation is 1. The molecule has 0 saturated carbocycles. The SMILES string of the molecule is CCCN(OC1=CC=CCC1=O)S(=O)(=O)[C@@H](CCc1ccccc1)C(C)(C)CCNC(=O)OCc1ccccc1. The van der Waals surface area contributed by atoms with Gasteiger partial charge in [0.15, 0.2) is 5.76 Å². The molecule has 1 aliphatic rings. The standard InChI is InChI=1S/C31H40N2O6S/c1-4-23-33(39-28-18-12-11-17-27(28)34)40(36,37)29(20-19-25-13-7-5-8-14-25)31(2,3)21-22-32-30(35)38-24-26-15-9-6-10-16-26/h5-16,18,29H,4,17,19-24H2,1-3H3,(H,32,35)/t29-/m0/s1. The van der Waals surface area contributed by atoms with Crippen LogP contribution in [-0.4, -0.2) is 43.1 Å². The average Bonchev–Trinajstić information content (AvgIpc) is 2.93. The van der Waals surface area contributed by atoms with Gasteiger partial charge in [0.2, 0.25) is 15.8 Å². The molecule has 1 amide bonds. The minimum atomic E-state index is -4.02. The van der Waals surface area contributed by atoms with E-state index in [1.54, 1.807) is 12.2 Å². The highest BCUT2D eigenvalue weighted by atomic mass is 32.2. The summed E-state index contributed by atoms with van der Waals surface area (Å²) in [5, 5.41) is 1.91. The van der Waals surface area contributed by atoms with E-state index in [9.17, 15) is 18.0 Å². The highest BCUT2D eigenvalue weighted by Crippen LogP contribution is 2.36. The average molecular weight is 569 g/mol. The lowest BCUT2D eigenvalue weighted by Gasteiger charge is -2.37. The Labute approximate surface area is 238 Å². The molecular formula is C31H40N2O6S. The van der Waals surface area contributed by atoms with Gasteiger partial charge in [0, 0.05) is 13.0 Å². The monoisotopic (exact) mass is 568 g/mol. The second-order valence-electron chi connectivity index (χ2n) is 10.5. The normalized spacial score (nSPS) is 14.5. The minimum absolute atomic E-state index is 0.0157. The van der Waals surface area contributed by atoms with E-state index in [-0.39, 0.29) is 37.7 Å². The molecule has 3 rings (SSSR count). The molecule has 1 N–H and O–H groups in total. The fourth-order valence-electron chi connectivity index (χ4n) is 4.57. The van der Waals surface area contributed by atoms with Crippen LogP contribution < -0.4 is 5.32 Å². The van der Waals surface area contributed by atoms with Crippen molar-refractivity contribution in [3.05, 3.63) is 95.8 Å². The van der Waals surface area contributed by atoms with Crippen LogP contribution in [0.4, 0.5) is 4.79 Å². The fraction of sp³-hybridized carbons (Fsp3) is 0.419. The number of sulfonamides is 1. The number of carbonyl (C=O) groups is 2. The number of allylic oxidation sites excluding steroid dienone is 4. The molecule has 0 saturated heterocycles. The van der Waals surface area contributed by atoms with Crippen molar-refractivity contribution in [3.8, 4) is 0 Å². The maximum atomic E-state index is 14.2. The molecule has 0 unspecified atom stereocenters. The summed E-state index contributed by atoms with van der Waals surface area (Å²) < 4.78 is 34.6. The third kappa shape index (κ3) is 9.06. The molecule has 0 aromatic heterocycles. The predicted octanol–water partition coefficient (Wildman–Crippen LogP) is 5.72. The molecule has 0 radical (unpaired) electrons. The Balaban J connectivity index is 1.74. The molecule has 2 aromatic rings. The Kier molecular flexibility index (Phi) is 11.5. The number of nitrogens with one attached hydrogen (secondary N) is 1. The van der Waals surface area contributed by atoms with Crippen molar-refractivity contribution in [1.29, 1.82) is 0 Å². The van der Waals surface area contributed by atoms with Crippen LogP contribution in [0.2, 0.25) is 0 Å². The smallest absolute Gasteiger partial charge is 0.407 e. The molecule has 40 heavy (non-hydrogen) atoms. The lowest BCUT2D eigenvalue weighted by Crippen LogP contribution is -2.47. The number of hydroxylamine groups is 1. The zero-order chi connectivity index (χ0) is 29.0. The van der Waals surface area contributed by atoms with Gasteiger partial charge in [-0.15, -0.1) is 0 Å². The van der Waals surface area contributed by atoms with Crippen molar-refractivity contribution in [2.24, 2.45) is 5.41 Å². The van der Waals surface area contributed by atoms with Crippen molar-refractivity contribution < 1.29 is 27.6 Å². The Morgan fingerprint density at radius 1 is 1.05 bits per heavy atom. The van der Waals surface area contributed by atoms with E-state index in [0.717, 1.165) is 15.6 Å². The Morgan fingerprint density at radius 2 is 1.70 bits per heavy atom. The van der Waals surface area contributed by atoms with E-state index >= 15 is 0 Å². The van der Waals surface area contributed by atoms with Crippen LogP contribution in [0.1, 0.15) is 57.6 Å². The summed E-state index contributed by atoms with van der Waals surface area (Å²) in [6.07, 6.45) is 6.28. The molecule has 0 bridgehead atoms. The fourth-order valence-corrected chi connectivity index (χ4v) is 6.82. The van der Waals surface area contributed by atoms with Crippen LogP contribution in [-0.2, 0) is 37.4 Å². The zero-order valence-corrected chi connectivity index (χ0v) is 24.4. The van der Waals surface area contributed by atoms with Crippen molar-refractivity contribution >= 4 is 21.9 Å². The first kappa shape index (κ1) is 31.1. The van der Waals surface area contributed by atoms with Gasteiger partial charge in [-0.25, -0.2) is 13.2 Å². The van der Waals surface area contributed by atoms with Gasteiger partial charge in [-0.05, 0) is 52.8 Å². The highest BCUT2D eigenvalue weighted by molar-refractivity contribution is 7.89. The summed E-state index contributed by atoms with van der Waals surface area (Å²) in [4.78, 5) is 30.4. The second-order valence-corrected chi connectivity index (χ2v) is 12.5. The summed E-state index contributed by atoms with van der Waals surface area (Å²) in [7, 11) is -4.02. The zero-order valence-electron chi connectivity index (χ0n) is 23.5. The summed E-state index contributed by atoms with van der Waals surface area (Å²) in [5.41, 5.74) is 1.16. The highest BCUT2D eigenvalue weighted by Gasteiger charge is 2.43. The maximum Gasteiger partial charge on any atom is 0.407 e. The van der Waals surface area contributed by atoms with Gasteiger partial charge in [-0.3, -0.25) is 4.79 Å². The first-order valence-electron chi connectivity index (χ1n) is 13.7. The number of hydrogen-bond donors (Lipinski definition) is 1. The Bertz CT molecular complexity index is 1270. The van der Waals surface area contributed by atoms with Crippen molar-refractivity contribution in [3.63, 3.8) is 0 Å². The minimum Gasteiger partial charge on any atom is -0.445 e. The van der Waals surface area contributed by atoms with Crippen LogP contribution in [0.15, 0.2) is 84.7 Å². The summed E-state index contributed by atoms with van der Waals surface area (Å²) in [6.45, 7) is 6.12. The van der Waals surface area contributed by atoms with Crippen LogP contribution in [0.25, 0.3) is 0 Å². The molecule has 1 atom stereocenters. The van der Waals surface area contributed by atoms with Gasteiger partial charge in [0.1, 0.15) is 6.61 Å². The number of carbonyl (C=O) groups excluding carboxylic acids is 2. The van der Waals surface area contributed by atoms with Gasteiger partial charge in [-0.1, -0.05) is 93.6 Å². The molecule has 8 nitrogen and oxygen atoms in total. The van der Waals surface area contributed by atoms with E-state index in [4.69, 9.17) is 9.57 Å². The number of benzene rings is 2. The number of amides is 1. The van der Waals surface area contributed by atoms with Gasteiger partial charge in [-0.2, -0.15) is 0 Å². The maximum absolute atomic E-state index is 14.2. The van der Waals surface area contributed by atoms with Crippen LogP contribution >= 0.6 is 0 Å². The molecule has 216 valence electrons. The van der Waals surface area contributed by atoms with Crippen molar-refractivity contribution in [1.82, 2.24) is 9.79 Å². The van der Waals surface area contributed by atoms with Gasteiger partial charge in [0.25, 0.3) is 0 Å². The molecule has 9 heteroatoms. The molecule has 0 heterocycles. The number of nitrogens with zero attached hydrogens (tertiary/aromatic N) is 1. The number of alkyl carbamates (subject to hydrolysis) is 1. The summed E-state index contributed by atoms with van der Waals surface area (Å²) >= 11 is 0. The van der Waals surface area contributed by atoms with Gasteiger partial charge in [0.05, 0.1) is 11.8 Å². The quantitative estimate of drug-likeness (QED) is 0.276. The van der Waals surface area contributed by atoms with E-state index in [1.165, 1.54) is 6.08 Å². The van der Waals surface area contributed by atoms with Crippen LogP contribution in [0.3, 0.4) is 0 Å². The number of rotatable bonds is 15. The van der Waals surface area contributed by atoms with Crippen molar-refractivity contribution in [2.45, 2.75) is 64.7 Å². The predicted molar refractivity (Wildman–Crippen MR) is 155 cm³/mol. The lowest BCUT2D eigenvalue weighted by atomic mass is 9.82. The Morgan fingerprint density at radius 3 is 2.33 bits per heavy atom. The lowest BCUT2D eigenvalue weighted by molar-refractivity contribution is -0.125. The molecule has 2 aromatic carbocycles. The van der Waals surface area contributed by atoms with Crippen molar-refractivity contribution in [2.75, 3.05) is 13.1 Å². The molecule has 0 spiro atoms. The number of Topliss-reactive ketones (excluding diaryl/α,β-unsaturated/α-hetero) is 1. The molecule has 0 fully saturated rings. The van der Waals surface area contributed by atoms with E-state index < -0.39 is 26.8 Å². The van der Waals surface area contributed by atoms with E-state index in [0.29, 0.717) is 25.7 Å². The first-order valence-corrected chi connectivity index (χ1v) is 15.2. The third-order valence-corrected chi connectivity index (χ3v) is 9.29. The van der Waals surface area contributed by atoms with Gasteiger partial charge < -0.3 is 14.9 Å². The third-order valence-electron chi connectivity index (χ3n) is 6.87. The van der Waals surface area contributed by atoms with Crippen LogP contribution in [0.5, 0.6) is 0 Å². The number of ether oxygens (including phenoxy) is 1. The second kappa shape index (κ2) is 14.8. The van der Waals surface area contributed by atoms with Crippen LogP contribution in [0, 0.1) is 5.41 Å². The summed E-state index contributed by atoms with van der Waals surface area (Å²) in [6, 6.07) is 19.1. The van der Waals surface area contributed by atoms with Gasteiger partial charge >= 0.3 is 6.09 Å². The molecule has 0 aliphatic heterocycles. The number of hydrogen-bond acceptors (Lipinski definition) is 6. The number of ketones is 1. The Hall–Kier alpha value is -3.43.